The zero-order chi connectivity index (χ0) is 20.6. The van der Waals surface area contributed by atoms with Crippen molar-refractivity contribution < 1.29 is 13.0 Å². The van der Waals surface area contributed by atoms with Gasteiger partial charge in [-0.15, -0.1) is 0 Å². The van der Waals surface area contributed by atoms with Gasteiger partial charge in [0.05, 0.1) is 0 Å². The van der Waals surface area contributed by atoms with E-state index < -0.39 is 17.1 Å². The Hall–Kier alpha value is 0.314. The molecule has 0 heterocycles. The molecule has 27 heavy (non-hydrogen) atoms. The summed E-state index contributed by atoms with van der Waals surface area (Å²) in [6.45, 7) is 17.2. The van der Waals surface area contributed by atoms with E-state index in [4.69, 9.17) is 13.0 Å². The van der Waals surface area contributed by atoms with Crippen molar-refractivity contribution in [3.05, 3.63) is 0 Å². The predicted molar refractivity (Wildman–Crippen MR) is 124 cm³/mol. The van der Waals surface area contributed by atoms with Gasteiger partial charge in [0.25, 0.3) is 0 Å². The molecule has 0 aromatic heterocycles. The van der Waals surface area contributed by atoms with Crippen molar-refractivity contribution in [2.45, 2.75) is 124 Å². The number of hydrogen-bond acceptors (Lipinski definition) is 3. The highest BCUT2D eigenvalue weighted by Gasteiger charge is 2.36. The van der Waals surface area contributed by atoms with Gasteiger partial charge in [0, 0.05) is 13.2 Å². The molecule has 0 aliphatic heterocycles. The lowest BCUT2D eigenvalue weighted by Crippen LogP contribution is -2.49. The SMILES string of the molecule is CCCCCCCCCCO[Si](C)(C)O[Si](C)(C)OCC(CC)CCCC. The van der Waals surface area contributed by atoms with E-state index in [-0.39, 0.29) is 0 Å². The lowest BCUT2D eigenvalue weighted by Gasteiger charge is -2.33. The molecule has 0 bridgehead atoms. The van der Waals surface area contributed by atoms with E-state index in [1.165, 1.54) is 70.6 Å². The maximum absolute atomic E-state index is 6.43. The van der Waals surface area contributed by atoms with Gasteiger partial charge in [-0.3, -0.25) is 0 Å². The molecular formula is C22H50O3Si2. The van der Waals surface area contributed by atoms with Gasteiger partial charge in [-0.25, -0.2) is 0 Å². The first-order valence-electron chi connectivity index (χ1n) is 11.7. The Morgan fingerprint density at radius 3 is 1.70 bits per heavy atom. The van der Waals surface area contributed by atoms with Crippen molar-refractivity contribution in [1.29, 1.82) is 0 Å². The molecule has 0 spiro atoms. The fourth-order valence-corrected chi connectivity index (χ4v) is 9.90. The highest BCUT2D eigenvalue weighted by atomic mass is 28.5. The summed E-state index contributed by atoms with van der Waals surface area (Å²) in [6.07, 6.45) is 15.7. The van der Waals surface area contributed by atoms with Gasteiger partial charge in [0.2, 0.25) is 0 Å². The van der Waals surface area contributed by atoms with E-state index >= 15 is 0 Å². The van der Waals surface area contributed by atoms with Gasteiger partial charge < -0.3 is 13.0 Å². The van der Waals surface area contributed by atoms with E-state index in [2.05, 4.69) is 47.0 Å². The lowest BCUT2D eigenvalue weighted by molar-refractivity contribution is 0.165. The van der Waals surface area contributed by atoms with Gasteiger partial charge in [-0.2, -0.15) is 0 Å². The minimum atomic E-state index is -2.11. The van der Waals surface area contributed by atoms with Crippen LogP contribution in [0.1, 0.15) is 97.8 Å². The van der Waals surface area contributed by atoms with E-state index in [0.29, 0.717) is 5.92 Å². The van der Waals surface area contributed by atoms with Gasteiger partial charge in [0.1, 0.15) is 0 Å². The van der Waals surface area contributed by atoms with Gasteiger partial charge >= 0.3 is 17.1 Å². The molecule has 0 aliphatic carbocycles. The number of hydrogen-bond donors (Lipinski definition) is 0. The number of rotatable bonds is 19. The molecule has 0 amide bonds. The minimum Gasteiger partial charge on any atom is -0.415 e. The van der Waals surface area contributed by atoms with Crippen molar-refractivity contribution in [1.82, 2.24) is 0 Å². The second-order valence-electron chi connectivity index (χ2n) is 8.95. The highest BCUT2D eigenvalue weighted by Crippen LogP contribution is 2.21. The average molecular weight is 419 g/mol. The zero-order valence-corrected chi connectivity index (χ0v) is 21.7. The summed E-state index contributed by atoms with van der Waals surface area (Å²) in [7, 11) is -4.21. The summed E-state index contributed by atoms with van der Waals surface area (Å²) in [5, 5.41) is 0. The van der Waals surface area contributed by atoms with E-state index in [1.807, 2.05) is 0 Å². The fraction of sp³-hybridized carbons (Fsp3) is 1.00. The smallest absolute Gasteiger partial charge is 0.322 e. The molecule has 0 radical (unpaired) electrons. The van der Waals surface area contributed by atoms with Crippen LogP contribution >= 0.6 is 0 Å². The van der Waals surface area contributed by atoms with E-state index in [9.17, 15) is 0 Å². The summed E-state index contributed by atoms with van der Waals surface area (Å²) in [4.78, 5) is 0. The molecule has 5 heteroatoms. The summed E-state index contributed by atoms with van der Waals surface area (Å²) in [5.41, 5.74) is 0. The molecule has 1 atom stereocenters. The van der Waals surface area contributed by atoms with Gasteiger partial charge in [0.15, 0.2) is 0 Å². The largest absolute Gasteiger partial charge is 0.415 e. The van der Waals surface area contributed by atoms with Crippen molar-refractivity contribution in [2.75, 3.05) is 13.2 Å². The topological polar surface area (TPSA) is 27.7 Å². The zero-order valence-electron chi connectivity index (χ0n) is 19.7. The van der Waals surface area contributed by atoms with Crippen LogP contribution in [0.15, 0.2) is 0 Å². The van der Waals surface area contributed by atoms with Crippen molar-refractivity contribution in [2.24, 2.45) is 5.92 Å². The Bertz CT molecular complexity index is 336. The molecule has 0 aliphatic rings. The normalized spacial score (nSPS) is 13.9. The third kappa shape index (κ3) is 16.9. The molecule has 1 unspecified atom stereocenters. The summed E-state index contributed by atoms with van der Waals surface area (Å²) in [6, 6.07) is 0. The Labute approximate surface area is 173 Å². The molecule has 0 fully saturated rings. The van der Waals surface area contributed by atoms with Crippen LogP contribution in [0.2, 0.25) is 26.2 Å². The second-order valence-corrected chi connectivity index (χ2v) is 15.9. The molecular weight excluding hydrogens is 368 g/mol. The number of unbranched alkanes of at least 4 members (excludes halogenated alkanes) is 8. The first kappa shape index (κ1) is 27.3. The van der Waals surface area contributed by atoms with Crippen LogP contribution in [0.25, 0.3) is 0 Å². The first-order chi connectivity index (χ1) is 12.8. The third-order valence-corrected chi connectivity index (χ3v) is 10.8. The fourth-order valence-electron chi connectivity index (χ4n) is 3.42. The average Bonchev–Trinajstić information content (AvgIpc) is 2.59. The van der Waals surface area contributed by atoms with Crippen molar-refractivity contribution in [3.63, 3.8) is 0 Å². The molecule has 0 aromatic rings. The molecule has 0 rings (SSSR count). The quantitative estimate of drug-likeness (QED) is 0.158. The van der Waals surface area contributed by atoms with Crippen molar-refractivity contribution >= 4 is 17.1 Å². The summed E-state index contributed by atoms with van der Waals surface area (Å²) in [5.74, 6) is 0.670. The van der Waals surface area contributed by atoms with Gasteiger partial charge in [-0.1, -0.05) is 85.0 Å². The third-order valence-electron chi connectivity index (χ3n) is 5.15. The Kier molecular flexibility index (Phi) is 16.3. The lowest BCUT2D eigenvalue weighted by atomic mass is 10.0. The van der Waals surface area contributed by atoms with Crippen LogP contribution in [0.3, 0.4) is 0 Å². The first-order valence-corrected chi connectivity index (χ1v) is 17.4. The molecule has 0 saturated heterocycles. The maximum Gasteiger partial charge on any atom is 0.322 e. The maximum atomic E-state index is 6.43. The Balaban J connectivity index is 3.95. The van der Waals surface area contributed by atoms with Crippen LogP contribution in [0.5, 0.6) is 0 Å². The molecule has 0 saturated carbocycles. The molecule has 3 nitrogen and oxygen atoms in total. The van der Waals surface area contributed by atoms with Crippen LogP contribution in [-0.4, -0.2) is 30.3 Å². The van der Waals surface area contributed by atoms with Crippen LogP contribution < -0.4 is 0 Å². The van der Waals surface area contributed by atoms with E-state index in [0.717, 1.165) is 19.6 Å². The monoisotopic (exact) mass is 418 g/mol. The Morgan fingerprint density at radius 1 is 0.630 bits per heavy atom. The molecule has 0 N–H and O–H groups in total. The second kappa shape index (κ2) is 16.1. The van der Waals surface area contributed by atoms with Crippen LogP contribution in [-0.2, 0) is 13.0 Å². The molecule has 0 aromatic carbocycles. The summed E-state index contributed by atoms with van der Waals surface area (Å²) < 4.78 is 18.9. The van der Waals surface area contributed by atoms with Gasteiger partial charge in [-0.05, 0) is 44.9 Å². The Morgan fingerprint density at radius 2 is 1.15 bits per heavy atom. The standard InChI is InChI=1S/C22H50O3Si2/c1-8-11-13-14-15-16-17-18-20-23-26(4,5)25-27(6,7)24-21-22(10-3)19-12-9-2/h22H,8-21H2,1-7H3. The van der Waals surface area contributed by atoms with Crippen LogP contribution in [0, 0.1) is 5.92 Å². The molecule has 164 valence electrons. The summed E-state index contributed by atoms with van der Waals surface area (Å²) >= 11 is 0. The van der Waals surface area contributed by atoms with Crippen LogP contribution in [0.4, 0.5) is 0 Å². The highest BCUT2D eigenvalue weighted by molar-refractivity contribution is 6.78. The van der Waals surface area contributed by atoms with E-state index in [1.54, 1.807) is 0 Å². The predicted octanol–water partition coefficient (Wildman–Crippen LogP) is 7.80. The van der Waals surface area contributed by atoms with Crippen molar-refractivity contribution in [3.8, 4) is 0 Å². The minimum absolute atomic E-state index is 0.670.